The number of benzene rings is 2. The van der Waals surface area contributed by atoms with Crippen LogP contribution in [-0.2, 0) is 11.3 Å². The standard InChI is InChI=1S/C20H14N2O4/c21-10-15(13-5-7-14(8-6-13)20(25)26)9-16-11-22(12-19(23)24)18-4-2-1-3-17(16)18/h1-9,11H,12H2,(H,23,24)(H,25,26)/b15-9-. The number of allylic oxidation sites excluding steroid dienone is 1. The Morgan fingerprint density at radius 1 is 1.04 bits per heavy atom. The van der Waals surface area contributed by atoms with E-state index in [0.717, 1.165) is 16.5 Å². The van der Waals surface area contributed by atoms with Gasteiger partial charge in [0.25, 0.3) is 0 Å². The monoisotopic (exact) mass is 346 g/mol. The summed E-state index contributed by atoms with van der Waals surface area (Å²) in [4.78, 5) is 22.0. The van der Waals surface area contributed by atoms with Gasteiger partial charge >= 0.3 is 11.9 Å². The van der Waals surface area contributed by atoms with E-state index in [1.54, 1.807) is 29.0 Å². The highest BCUT2D eigenvalue weighted by Gasteiger charge is 2.11. The fraction of sp³-hybridized carbons (Fsp3) is 0.0500. The van der Waals surface area contributed by atoms with E-state index in [1.807, 2.05) is 24.3 Å². The molecule has 26 heavy (non-hydrogen) atoms. The molecule has 1 aromatic heterocycles. The van der Waals surface area contributed by atoms with Gasteiger partial charge in [-0.05, 0) is 29.8 Å². The zero-order valence-electron chi connectivity index (χ0n) is 13.6. The maximum absolute atomic E-state index is 11.1. The van der Waals surface area contributed by atoms with Crippen LogP contribution in [0.4, 0.5) is 0 Å². The van der Waals surface area contributed by atoms with Crippen molar-refractivity contribution in [3.63, 3.8) is 0 Å². The highest BCUT2D eigenvalue weighted by Crippen LogP contribution is 2.26. The summed E-state index contributed by atoms with van der Waals surface area (Å²) in [5.74, 6) is -1.98. The average Bonchev–Trinajstić information content (AvgIpc) is 2.97. The van der Waals surface area contributed by atoms with Crippen LogP contribution >= 0.6 is 0 Å². The normalized spacial score (nSPS) is 11.3. The molecule has 0 bridgehead atoms. The predicted octanol–water partition coefficient (Wildman–Crippen LogP) is 3.49. The lowest BCUT2D eigenvalue weighted by Gasteiger charge is -2.00. The molecular formula is C20H14N2O4. The van der Waals surface area contributed by atoms with E-state index in [4.69, 9.17) is 10.2 Å². The molecule has 3 aromatic rings. The number of nitriles is 1. The van der Waals surface area contributed by atoms with Gasteiger partial charge in [-0.15, -0.1) is 0 Å². The van der Waals surface area contributed by atoms with Gasteiger partial charge in [0.05, 0.1) is 17.2 Å². The van der Waals surface area contributed by atoms with Crippen LogP contribution in [0.25, 0.3) is 22.6 Å². The van der Waals surface area contributed by atoms with E-state index in [0.29, 0.717) is 11.1 Å². The van der Waals surface area contributed by atoms with Gasteiger partial charge in [0, 0.05) is 22.7 Å². The first-order valence-corrected chi connectivity index (χ1v) is 7.75. The van der Waals surface area contributed by atoms with Crippen molar-refractivity contribution in [2.24, 2.45) is 0 Å². The van der Waals surface area contributed by atoms with Gasteiger partial charge in [-0.3, -0.25) is 4.79 Å². The molecule has 0 aliphatic heterocycles. The predicted molar refractivity (Wildman–Crippen MR) is 96.5 cm³/mol. The van der Waals surface area contributed by atoms with Gasteiger partial charge in [0.2, 0.25) is 0 Å². The van der Waals surface area contributed by atoms with Crippen molar-refractivity contribution in [1.82, 2.24) is 4.57 Å². The molecule has 0 atom stereocenters. The number of para-hydroxylation sites is 1. The lowest BCUT2D eigenvalue weighted by Crippen LogP contribution is -2.07. The maximum Gasteiger partial charge on any atom is 0.335 e. The molecule has 0 amide bonds. The molecule has 6 heteroatoms. The van der Waals surface area contributed by atoms with Crippen molar-refractivity contribution >= 4 is 34.5 Å². The summed E-state index contributed by atoms with van der Waals surface area (Å²) in [7, 11) is 0. The van der Waals surface area contributed by atoms with Crippen LogP contribution in [0, 0.1) is 11.3 Å². The average molecular weight is 346 g/mol. The largest absolute Gasteiger partial charge is 0.480 e. The summed E-state index contributed by atoms with van der Waals surface area (Å²) in [6.45, 7) is -0.177. The number of fused-ring (bicyclic) bond motifs is 1. The van der Waals surface area contributed by atoms with Crippen LogP contribution in [0.1, 0.15) is 21.5 Å². The Balaban J connectivity index is 2.08. The fourth-order valence-corrected chi connectivity index (χ4v) is 2.79. The van der Waals surface area contributed by atoms with Crippen molar-refractivity contribution in [1.29, 1.82) is 5.26 Å². The molecule has 2 aromatic carbocycles. The molecule has 0 fully saturated rings. The molecule has 6 nitrogen and oxygen atoms in total. The number of hydrogen-bond donors (Lipinski definition) is 2. The van der Waals surface area contributed by atoms with E-state index in [1.165, 1.54) is 12.1 Å². The first-order chi connectivity index (χ1) is 12.5. The van der Waals surface area contributed by atoms with E-state index < -0.39 is 11.9 Å². The first-order valence-electron chi connectivity index (χ1n) is 7.75. The Morgan fingerprint density at radius 2 is 1.69 bits per heavy atom. The second-order valence-corrected chi connectivity index (χ2v) is 5.68. The number of carbonyl (C=O) groups is 2. The number of hydrogen-bond acceptors (Lipinski definition) is 3. The summed E-state index contributed by atoms with van der Waals surface area (Å²) < 4.78 is 1.62. The quantitative estimate of drug-likeness (QED) is 0.688. The zero-order chi connectivity index (χ0) is 18.7. The number of carboxylic acid groups (broad SMARTS) is 2. The van der Waals surface area contributed by atoms with E-state index >= 15 is 0 Å². The highest BCUT2D eigenvalue weighted by atomic mass is 16.4. The molecule has 128 valence electrons. The second kappa shape index (κ2) is 6.95. The van der Waals surface area contributed by atoms with Gasteiger partial charge < -0.3 is 14.8 Å². The summed E-state index contributed by atoms with van der Waals surface area (Å²) in [5, 5.41) is 28.4. The van der Waals surface area contributed by atoms with E-state index in [9.17, 15) is 14.9 Å². The minimum Gasteiger partial charge on any atom is -0.480 e. The van der Waals surface area contributed by atoms with Crippen molar-refractivity contribution in [3.05, 3.63) is 71.4 Å². The van der Waals surface area contributed by atoms with Crippen molar-refractivity contribution in [3.8, 4) is 6.07 Å². The molecule has 3 rings (SSSR count). The molecule has 0 aliphatic rings. The zero-order valence-corrected chi connectivity index (χ0v) is 13.6. The number of aromatic nitrogens is 1. The van der Waals surface area contributed by atoms with Gasteiger partial charge in [-0.1, -0.05) is 30.3 Å². The number of aliphatic carboxylic acids is 1. The molecule has 0 unspecified atom stereocenters. The Morgan fingerprint density at radius 3 is 2.31 bits per heavy atom. The van der Waals surface area contributed by atoms with Gasteiger partial charge in [-0.25, -0.2) is 4.79 Å². The van der Waals surface area contributed by atoms with E-state index in [2.05, 4.69) is 6.07 Å². The van der Waals surface area contributed by atoms with Crippen molar-refractivity contribution in [2.45, 2.75) is 6.54 Å². The van der Waals surface area contributed by atoms with Crippen LogP contribution < -0.4 is 0 Å². The van der Waals surface area contributed by atoms with Gasteiger partial charge in [-0.2, -0.15) is 5.26 Å². The molecule has 1 heterocycles. The lowest BCUT2D eigenvalue weighted by molar-refractivity contribution is -0.137. The number of carboxylic acids is 2. The third kappa shape index (κ3) is 3.32. The lowest BCUT2D eigenvalue weighted by atomic mass is 10.0. The summed E-state index contributed by atoms with van der Waals surface area (Å²) in [6, 6.07) is 15.5. The Labute approximate surface area is 148 Å². The van der Waals surface area contributed by atoms with E-state index in [-0.39, 0.29) is 12.1 Å². The molecule has 0 aliphatic carbocycles. The fourth-order valence-electron chi connectivity index (χ4n) is 2.79. The molecule has 0 saturated heterocycles. The van der Waals surface area contributed by atoms with Crippen LogP contribution in [-0.4, -0.2) is 26.7 Å². The van der Waals surface area contributed by atoms with Crippen LogP contribution in [0.3, 0.4) is 0 Å². The highest BCUT2D eigenvalue weighted by molar-refractivity contribution is 5.98. The topological polar surface area (TPSA) is 103 Å². The van der Waals surface area contributed by atoms with Crippen molar-refractivity contribution < 1.29 is 19.8 Å². The molecule has 0 spiro atoms. The molecular weight excluding hydrogens is 332 g/mol. The second-order valence-electron chi connectivity index (χ2n) is 5.68. The molecule has 2 N–H and O–H groups in total. The summed E-state index contributed by atoms with van der Waals surface area (Å²) in [5.41, 5.74) is 2.58. The van der Waals surface area contributed by atoms with Crippen molar-refractivity contribution in [2.75, 3.05) is 0 Å². The smallest absolute Gasteiger partial charge is 0.335 e. The number of nitrogens with zero attached hydrogens (tertiary/aromatic N) is 2. The minimum absolute atomic E-state index is 0.143. The first kappa shape index (κ1) is 17.0. The maximum atomic E-state index is 11.1. The summed E-state index contributed by atoms with van der Waals surface area (Å²) >= 11 is 0. The number of rotatable bonds is 5. The molecule has 0 saturated carbocycles. The summed E-state index contributed by atoms with van der Waals surface area (Å²) in [6.07, 6.45) is 3.37. The van der Waals surface area contributed by atoms with Crippen LogP contribution in [0.5, 0.6) is 0 Å². The Bertz CT molecular complexity index is 1070. The SMILES string of the molecule is N#C/C(=C/c1cn(CC(=O)O)c2ccccc12)c1ccc(C(=O)O)cc1. The van der Waals surface area contributed by atoms with Gasteiger partial charge in [0.1, 0.15) is 6.54 Å². The number of aromatic carboxylic acids is 1. The molecule has 0 radical (unpaired) electrons. The third-order valence-electron chi connectivity index (χ3n) is 3.99. The third-order valence-corrected chi connectivity index (χ3v) is 3.99. The Hall–Kier alpha value is -3.85. The minimum atomic E-state index is -1.03. The van der Waals surface area contributed by atoms with Gasteiger partial charge in [0.15, 0.2) is 0 Å². The van der Waals surface area contributed by atoms with Crippen LogP contribution in [0.15, 0.2) is 54.7 Å². The Kier molecular flexibility index (Phi) is 4.54. The van der Waals surface area contributed by atoms with Crippen LogP contribution in [0.2, 0.25) is 0 Å².